The molecule has 0 N–H and O–H groups in total. The molecule has 0 radical (unpaired) electrons. The quantitative estimate of drug-likeness (QED) is 0.182. The van der Waals surface area contributed by atoms with Gasteiger partial charge in [0.25, 0.3) is 0 Å². The van der Waals surface area contributed by atoms with Crippen LogP contribution in [0.5, 0.6) is 0 Å². The minimum atomic E-state index is 1.16. The van der Waals surface area contributed by atoms with Gasteiger partial charge < -0.3 is 9.13 Å². The maximum Gasteiger partial charge on any atom is 0.0555 e. The van der Waals surface area contributed by atoms with E-state index in [-0.39, 0.29) is 0 Å². The van der Waals surface area contributed by atoms with E-state index in [2.05, 4.69) is 155 Å². The first kappa shape index (κ1) is 24.8. The van der Waals surface area contributed by atoms with Crippen LogP contribution in [0.1, 0.15) is 0 Å². The van der Waals surface area contributed by atoms with Gasteiger partial charge in [-0.25, -0.2) is 0 Å². The number of hydrogen-bond acceptors (Lipinski definition) is 2. The number of rotatable bonds is 2. The summed E-state index contributed by atoms with van der Waals surface area (Å²) < 4.78 is 10.2. The second-order valence-electron chi connectivity index (χ2n) is 12.2. The fraction of sp³-hybridized carbons (Fsp3) is 0. The zero-order chi connectivity index (χ0) is 29.9. The Kier molecular flexibility index (Phi) is 4.90. The highest BCUT2D eigenvalue weighted by molar-refractivity contribution is 7.26. The smallest absolute Gasteiger partial charge is 0.0555 e. The first-order chi connectivity index (χ1) is 22.8. The average molecular weight is 621 g/mol. The third-order valence-corrected chi connectivity index (χ3v) is 12.0. The highest BCUT2D eigenvalue weighted by Gasteiger charge is 2.18. The maximum absolute atomic E-state index is 2.45. The number of thiophene rings is 2. The van der Waals surface area contributed by atoms with Gasteiger partial charge in [0.15, 0.2) is 0 Å². The standard InChI is InChI=1S/C42H24N2S2/c1-5-16-35-27(12-1)31-21-33-29-14-3-7-18-39(29)45-41(33)23-37(31)43(35)25-10-9-11-26(20-25)44-36-17-6-2-13-28(36)32-22-34-30-15-4-8-19-40(30)46-42(34)24-38(32)44/h1-24H. The summed E-state index contributed by atoms with van der Waals surface area (Å²) in [6.45, 7) is 0. The predicted octanol–water partition coefficient (Wildman–Crippen LogP) is 12.6. The molecule has 2 nitrogen and oxygen atoms in total. The molecule has 0 unspecified atom stereocenters. The summed E-state index contributed by atoms with van der Waals surface area (Å²) >= 11 is 3.76. The van der Waals surface area contributed by atoms with Crippen molar-refractivity contribution in [2.75, 3.05) is 0 Å². The molecule has 4 heteroatoms. The molecule has 214 valence electrons. The average Bonchev–Trinajstić information content (AvgIpc) is 3.83. The maximum atomic E-state index is 2.45. The lowest BCUT2D eigenvalue weighted by atomic mass is 10.1. The van der Waals surface area contributed by atoms with E-state index in [4.69, 9.17) is 0 Å². The Morgan fingerprint density at radius 2 is 0.717 bits per heavy atom. The molecule has 0 saturated carbocycles. The van der Waals surface area contributed by atoms with Gasteiger partial charge in [-0.05, 0) is 66.7 Å². The molecule has 0 aliphatic carbocycles. The Hall–Kier alpha value is -5.42. The molecule has 0 spiro atoms. The van der Waals surface area contributed by atoms with Crippen molar-refractivity contribution in [2.24, 2.45) is 0 Å². The topological polar surface area (TPSA) is 9.86 Å². The number of aromatic nitrogens is 2. The molecular weight excluding hydrogens is 597 g/mol. The van der Waals surface area contributed by atoms with Crippen LogP contribution in [0.4, 0.5) is 0 Å². The number of para-hydroxylation sites is 2. The zero-order valence-corrected chi connectivity index (χ0v) is 26.2. The minimum Gasteiger partial charge on any atom is -0.309 e. The third-order valence-electron chi connectivity index (χ3n) is 9.69. The van der Waals surface area contributed by atoms with Crippen molar-refractivity contribution in [3.63, 3.8) is 0 Å². The van der Waals surface area contributed by atoms with Gasteiger partial charge in [-0.3, -0.25) is 0 Å². The van der Waals surface area contributed by atoms with Gasteiger partial charge in [-0.1, -0.05) is 78.9 Å². The van der Waals surface area contributed by atoms with E-state index in [1.54, 1.807) is 0 Å². The first-order valence-corrected chi connectivity index (χ1v) is 17.2. The van der Waals surface area contributed by atoms with Gasteiger partial charge >= 0.3 is 0 Å². The second kappa shape index (κ2) is 9.07. The Morgan fingerprint density at radius 3 is 1.22 bits per heavy atom. The minimum absolute atomic E-state index is 1.16. The number of nitrogens with zero attached hydrogens (tertiary/aromatic N) is 2. The number of hydrogen-bond donors (Lipinski definition) is 0. The lowest BCUT2D eigenvalue weighted by Gasteiger charge is -2.13. The molecular formula is C42H24N2S2. The SMILES string of the molecule is c1cc(-n2c3ccccc3c3cc4c(cc32)sc2ccccc24)cc(-n2c3ccccc3c3cc4c(cc32)sc2ccccc24)c1. The van der Waals surface area contributed by atoms with Crippen molar-refractivity contribution in [2.45, 2.75) is 0 Å². The summed E-state index contributed by atoms with van der Waals surface area (Å²) in [6, 6.07) is 53.9. The van der Waals surface area contributed by atoms with E-state index >= 15 is 0 Å². The summed E-state index contributed by atoms with van der Waals surface area (Å²) in [4.78, 5) is 0. The second-order valence-corrected chi connectivity index (χ2v) is 14.3. The Balaban J connectivity index is 1.20. The van der Waals surface area contributed by atoms with E-state index in [0.717, 1.165) is 11.4 Å². The first-order valence-electron chi connectivity index (χ1n) is 15.6. The van der Waals surface area contributed by atoms with Crippen molar-refractivity contribution >= 4 is 107 Å². The van der Waals surface area contributed by atoms with Crippen LogP contribution >= 0.6 is 22.7 Å². The Labute approximate surface area is 271 Å². The number of benzene rings is 7. The Morgan fingerprint density at radius 1 is 0.283 bits per heavy atom. The van der Waals surface area contributed by atoms with Crippen molar-refractivity contribution in [1.82, 2.24) is 9.13 Å². The normalized spacial score (nSPS) is 12.3. The molecule has 0 amide bonds. The molecule has 4 heterocycles. The summed E-state index contributed by atoms with van der Waals surface area (Å²) in [5.41, 5.74) is 7.27. The van der Waals surface area contributed by atoms with Crippen LogP contribution in [0.25, 0.3) is 95.3 Å². The molecule has 11 rings (SSSR count). The summed E-state index contributed by atoms with van der Waals surface area (Å²) in [5.74, 6) is 0. The molecule has 0 atom stereocenters. The van der Waals surface area contributed by atoms with Crippen LogP contribution in [0.15, 0.2) is 146 Å². The van der Waals surface area contributed by atoms with E-state index in [0.29, 0.717) is 0 Å². The van der Waals surface area contributed by atoms with Gasteiger partial charge in [-0.2, -0.15) is 0 Å². The lowest BCUT2D eigenvalue weighted by molar-refractivity contribution is 1.14. The van der Waals surface area contributed by atoms with Crippen molar-refractivity contribution in [3.05, 3.63) is 146 Å². The van der Waals surface area contributed by atoms with Crippen LogP contribution in [0.3, 0.4) is 0 Å². The highest BCUT2D eigenvalue weighted by Crippen LogP contribution is 2.43. The van der Waals surface area contributed by atoms with Crippen LogP contribution in [0.2, 0.25) is 0 Å². The predicted molar refractivity (Wildman–Crippen MR) is 201 cm³/mol. The van der Waals surface area contributed by atoms with E-state index < -0.39 is 0 Å². The molecule has 46 heavy (non-hydrogen) atoms. The van der Waals surface area contributed by atoms with Crippen molar-refractivity contribution in [3.8, 4) is 11.4 Å². The Bertz CT molecular complexity index is 2840. The number of fused-ring (bicyclic) bond motifs is 12. The van der Waals surface area contributed by atoms with Crippen molar-refractivity contribution < 1.29 is 0 Å². The summed E-state index contributed by atoms with van der Waals surface area (Å²) in [6.07, 6.45) is 0. The summed E-state index contributed by atoms with van der Waals surface area (Å²) in [7, 11) is 0. The van der Waals surface area contributed by atoms with E-state index in [9.17, 15) is 0 Å². The molecule has 0 aliphatic heterocycles. The van der Waals surface area contributed by atoms with Gasteiger partial charge in [0.2, 0.25) is 0 Å². The van der Waals surface area contributed by atoms with E-state index in [1.807, 2.05) is 22.7 Å². The van der Waals surface area contributed by atoms with Crippen LogP contribution < -0.4 is 0 Å². The monoisotopic (exact) mass is 620 g/mol. The molecule has 0 aliphatic rings. The largest absolute Gasteiger partial charge is 0.309 e. The van der Waals surface area contributed by atoms with Gasteiger partial charge in [0.1, 0.15) is 0 Å². The fourth-order valence-corrected chi connectivity index (χ4v) is 9.94. The lowest BCUT2D eigenvalue weighted by Crippen LogP contribution is -1.98. The molecule has 7 aromatic carbocycles. The van der Waals surface area contributed by atoms with E-state index in [1.165, 1.54) is 84.0 Å². The fourth-order valence-electron chi connectivity index (χ4n) is 7.70. The molecule has 0 bridgehead atoms. The molecule has 4 aromatic heterocycles. The van der Waals surface area contributed by atoms with Gasteiger partial charge in [0, 0.05) is 73.3 Å². The summed E-state index contributed by atoms with van der Waals surface area (Å²) in [5, 5.41) is 10.5. The van der Waals surface area contributed by atoms with Crippen LogP contribution in [-0.4, -0.2) is 9.13 Å². The molecule has 0 fully saturated rings. The van der Waals surface area contributed by atoms with Crippen molar-refractivity contribution in [1.29, 1.82) is 0 Å². The van der Waals surface area contributed by atoms with Gasteiger partial charge in [-0.15, -0.1) is 22.7 Å². The van der Waals surface area contributed by atoms with Crippen LogP contribution in [-0.2, 0) is 0 Å². The zero-order valence-electron chi connectivity index (χ0n) is 24.6. The van der Waals surface area contributed by atoms with Crippen LogP contribution in [0, 0.1) is 0 Å². The highest BCUT2D eigenvalue weighted by atomic mass is 32.1. The third kappa shape index (κ3) is 3.30. The van der Waals surface area contributed by atoms with Gasteiger partial charge in [0.05, 0.1) is 22.1 Å². The molecule has 0 saturated heterocycles. The molecule has 11 aromatic rings.